The van der Waals surface area contributed by atoms with Gasteiger partial charge in [0.15, 0.2) is 11.7 Å². The highest BCUT2D eigenvalue weighted by atomic mass is 35.5. The third-order valence-corrected chi connectivity index (χ3v) is 5.33. The van der Waals surface area contributed by atoms with Crippen LogP contribution in [0.5, 0.6) is 0 Å². The molecule has 1 atom stereocenters. The van der Waals surface area contributed by atoms with Crippen molar-refractivity contribution >= 4 is 29.2 Å². The molecule has 7 heteroatoms. The highest BCUT2D eigenvalue weighted by Gasteiger charge is 2.31. The van der Waals surface area contributed by atoms with Crippen LogP contribution in [0.25, 0.3) is 0 Å². The Morgan fingerprint density at radius 1 is 1.13 bits per heavy atom. The van der Waals surface area contributed by atoms with Crippen molar-refractivity contribution in [2.45, 2.75) is 71.9 Å². The van der Waals surface area contributed by atoms with Crippen molar-refractivity contribution in [3.05, 3.63) is 59.0 Å². The Labute approximate surface area is 191 Å². The summed E-state index contributed by atoms with van der Waals surface area (Å²) in [7, 11) is 0. The number of hydrogen-bond acceptors (Lipinski definition) is 4. The number of amides is 1. The van der Waals surface area contributed by atoms with Gasteiger partial charge in [0.2, 0.25) is 0 Å². The first-order valence-corrected chi connectivity index (χ1v) is 11.6. The largest absolute Gasteiger partial charge is 0.364 e. The molecule has 6 nitrogen and oxygen atoms in total. The molecular formula is C24H34ClN5O. The molecule has 3 N–H and O–H groups in total. The van der Waals surface area contributed by atoms with Crippen molar-refractivity contribution in [3.63, 3.8) is 0 Å². The third-order valence-electron chi connectivity index (χ3n) is 5.07. The van der Waals surface area contributed by atoms with Gasteiger partial charge in [0.1, 0.15) is 5.70 Å². The number of aliphatic imine (C=N–C) groups is 2. The lowest BCUT2D eigenvalue weighted by atomic mass is 9.96. The zero-order chi connectivity index (χ0) is 22.8. The molecule has 1 unspecified atom stereocenters. The first-order valence-electron chi connectivity index (χ1n) is 11.3. The third kappa shape index (κ3) is 6.20. The summed E-state index contributed by atoms with van der Waals surface area (Å²) in [6, 6.07) is 7.73. The fourth-order valence-electron chi connectivity index (χ4n) is 3.64. The van der Waals surface area contributed by atoms with Crippen LogP contribution in [0.3, 0.4) is 0 Å². The molecule has 0 radical (unpaired) electrons. The van der Waals surface area contributed by atoms with Crippen LogP contribution in [0.1, 0.15) is 71.4 Å². The summed E-state index contributed by atoms with van der Waals surface area (Å²) >= 11 is 6.00. The lowest BCUT2D eigenvalue weighted by Gasteiger charge is -2.33. The van der Waals surface area contributed by atoms with E-state index in [1.165, 1.54) is 19.3 Å². The van der Waals surface area contributed by atoms with E-state index < -0.39 is 5.91 Å². The van der Waals surface area contributed by atoms with Crippen LogP contribution in [0.4, 0.5) is 0 Å². The van der Waals surface area contributed by atoms with Gasteiger partial charge in [-0.05, 0) is 36.6 Å². The first-order chi connectivity index (χ1) is 15.1. The number of amidine groups is 2. The minimum absolute atomic E-state index is 0.168. The Bertz CT molecular complexity index is 851. The van der Waals surface area contributed by atoms with Gasteiger partial charge in [-0.15, -0.1) is 0 Å². The normalized spacial score (nSPS) is 21.4. The van der Waals surface area contributed by atoms with Crippen LogP contribution in [0.2, 0.25) is 5.02 Å². The number of carbonyl (C=O) groups excluding carboxylic acids is 1. The number of rotatable bonds is 3. The van der Waals surface area contributed by atoms with Gasteiger partial charge in [-0.2, -0.15) is 0 Å². The van der Waals surface area contributed by atoms with E-state index in [2.05, 4.69) is 5.32 Å². The summed E-state index contributed by atoms with van der Waals surface area (Å²) in [5.74, 6) is 0.802. The minimum atomic E-state index is -0.512. The van der Waals surface area contributed by atoms with Gasteiger partial charge in [0.25, 0.3) is 5.91 Å². The van der Waals surface area contributed by atoms with Gasteiger partial charge in [-0.25, -0.2) is 0 Å². The molecular weight excluding hydrogens is 410 g/mol. The second-order valence-electron chi connectivity index (χ2n) is 6.97. The van der Waals surface area contributed by atoms with E-state index in [4.69, 9.17) is 27.3 Å². The van der Waals surface area contributed by atoms with Crippen molar-refractivity contribution in [1.82, 2.24) is 10.2 Å². The summed E-state index contributed by atoms with van der Waals surface area (Å²) in [5, 5.41) is 3.82. The van der Waals surface area contributed by atoms with Gasteiger partial charge in [-0.3, -0.25) is 19.7 Å². The van der Waals surface area contributed by atoms with Gasteiger partial charge in [0, 0.05) is 17.4 Å². The van der Waals surface area contributed by atoms with Crippen molar-refractivity contribution < 1.29 is 4.79 Å². The maximum absolute atomic E-state index is 11.8. The lowest BCUT2D eigenvalue weighted by Crippen LogP contribution is -2.48. The van der Waals surface area contributed by atoms with Crippen LogP contribution < -0.4 is 11.1 Å². The van der Waals surface area contributed by atoms with Crippen LogP contribution >= 0.6 is 11.6 Å². The smallest absolute Gasteiger partial charge is 0.267 e. The second kappa shape index (κ2) is 12.3. The molecule has 1 saturated carbocycles. The predicted octanol–water partition coefficient (Wildman–Crippen LogP) is 5.32. The van der Waals surface area contributed by atoms with E-state index in [0.29, 0.717) is 22.4 Å². The molecule has 1 aliphatic carbocycles. The number of nitrogens with zero attached hydrogens (tertiary/aromatic N) is 3. The van der Waals surface area contributed by atoms with Crippen molar-refractivity contribution in [3.8, 4) is 0 Å². The van der Waals surface area contributed by atoms with E-state index in [1.54, 1.807) is 11.1 Å². The number of nitrogens with one attached hydrogen (secondary N) is 1. The quantitative estimate of drug-likeness (QED) is 0.662. The van der Waals surface area contributed by atoms with E-state index in [9.17, 15) is 4.79 Å². The molecule has 3 aliphatic rings. The summed E-state index contributed by atoms with van der Waals surface area (Å²) in [6.07, 6.45) is 11.2. The molecule has 1 fully saturated rings. The number of benzene rings is 1. The fourth-order valence-corrected chi connectivity index (χ4v) is 3.76. The summed E-state index contributed by atoms with van der Waals surface area (Å²) in [5.41, 5.74) is 6.91. The lowest BCUT2D eigenvalue weighted by molar-refractivity contribution is -0.115. The van der Waals surface area contributed by atoms with Gasteiger partial charge in [0.05, 0.1) is 12.1 Å². The summed E-state index contributed by atoms with van der Waals surface area (Å²) in [4.78, 5) is 23.3. The zero-order valence-corrected chi connectivity index (χ0v) is 19.7. The molecule has 0 spiro atoms. The average Bonchev–Trinajstić information content (AvgIpc) is 2.82. The molecule has 1 aromatic rings. The van der Waals surface area contributed by atoms with E-state index in [0.717, 1.165) is 18.4 Å². The Hall–Kier alpha value is -2.60. The molecule has 0 saturated heterocycles. The molecule has 2 aliphatic heterocycles. The van der Waals surface area contributed by atoms with Gasteiger partial charge in [-0.1, -0.05) is 70.7 Å². The fraction of sp³-hybridized carbons (Fsp3) is 0.458. The van der Waals surface area contributed by atoms with E-state index in [-0.39, 0.29) is 12.1 Å². The number of fused-ring (bicyclic) bond motifs is 1. The SMILES string of the molecule is CC.CC.NC(=O)C1=CNC(=NC2CCCCC2)C2=NC(c3ccc(Cl)cc3)C=CN12. The summed E-state index contributed by atoms with van der Waals surface area (Å²) in [6.45, 7) is 8.00. The topological polar surface area (TPSA) is 83.1 Å². The highest BCUT2D eigenvalue weighted by Crippen LogP contribution is 2.28. The van der Waals surface area contributed by atoms with Crippen LogP contribution in [-0.4, -0.2) is 28.5 Å². The highest BCUT2D eigenvalue weighted by molar-refractivity contribution is 6.42. The number of primary amides is 1. The monoisotopic (exact) mass is 443 g/mol. The van der Waals surface area contributed by atoms with Crippen LogP contribution in [-0.2, 0) is 4.79 Å². The number of carbonyl (C=O) groups is 1. The molecule has 4 rings (SSSR count). The standard InChI is InChI=1S/C20H22ClN5O.2C2H6/c21-14-8-6-13(7-9-14)16-10-11-26-17(18(22)27)12-23-19(20(26)25-16)24-15-4-2-1-3-5-15;2*1-2/h6-12,15-16H,1-5H2,(H2,22,27)(H,23,24);2*1-2H3. The first kappa shape index (κ1) is 24.7. The van der Waals surface area contributed by atoms with Crippen molar-refractivity contribution in [2.24, 2.45) is 15.7 Å². The minimum Gasteiger partial charge on any atom is -0.364 e. The van der Waals surface area contributed by atoms with E-state index >= 15 is 0 Å². The Morgan fingerprint density at radius 3 is 2.39 bits per heavy atom. The van der Waals surface area contributed by atoms with Crippen LogP contribution in [0.15, 0.2) is 58.4 Å². The molecule has 2 heterocycles. The maximum atomic E-state index is 11.8. The Balaban J connectivity index is 0.000000807. The molecule has 31 heavy (non-hydrogen) atoms. The van der Waals surface area contributed by atoms with Crippen LogP contribution in [0, 0.1) is 0 Å². The molecule has 0 bridgehead atoms. The van der Waals surface area contributed by atoms with Crippen molar-refractivity contribution in [2.75, 3.05) is 0 Å². The molecule has 0 aromatic heterocycles. The Morgan fingerprint density at radius 2 is 1.77 bits per heavy atom. The summed E-state index contributed by atoms with van der Waals surface area (Å²) < 4.78 is 0. The zero-order valence-electron chi connectivity index (χ0n) is 18.9. The molecule has 1 aromatic carbocycles. The van der Waals surface area contributed by atoms with Gasteiger partial charge >= 0.3 is 0 Å². The number of halogens is 1. The number of nitrogens with two attached hydrogens (primary N) is 1. The number of hydrogen-bond donors (Lipinski definition) is 2. The maximum Gasteiger partial charge on any atom is 0.267 e. The van der Waals surface area contributed by atoms with Crippen molar-refractivity contribution in [1.29, 1.82) is 0 Å². The van der Waals surface area contributed by atoms with E-state index in [1.807, 2.05) is 64.2 Å². The van der Waals surface area contributed by atoms with Gasteiger partial charge < -0.3 is 11.1 Å². The average molecular weight is 444 g/mol. The molecule has 1 amide bonds. The molecule has 168 valence electrons. The second-order valence-corrected chi connectivity index (χ2v) is 7.40. The predicted molar refractivity (Wildman–Crippen MR) is 130 cm³/mol. The Kier molecular flexibility index (Phi) is 9.79.